The van der Waals surface area contributed by atoms with Gasteiger partial charge in [0.15, 0.2) is 0 Å². The molecule has 0 radical (unpaired) electrons. The van der Waals surface area contributed by atoms with Crippen LogP contribution in [0.5, 0.6) is 0 Å². The summed E-state index contributed by atoms with van der Waals surface area (Å²) in [4.78, 5) is 24.9. The first-order valence-electron chi connectivity index (χ1n) is 10.3. The summed E-state index contributed by atoms with van der Waals surface area (Å²) in [5.74, 6) is -1.11. The third-order valence-electron chi connectivity index (χ3n) is 4.84. The predicted molar refractivity (Wildman–Crippen MR) is 121 cm³/mol. The van der Waals surface area contributed by atoms with Crippen LogP contribution in [0.25, 0.3) is 33.3 Å². The molecule has 0 aliphatic carbocycles. The van der Waals surface area contributed by atoms with Gasteiger partial charge in [-0.25, -0.2) is 23.5 Å². The van der Waals surface area contributed by atoms with Crippen molar-refractivity contribution >= 4 is 17.0 Å². The number of hydrogen-bond donors (Lipinski definition) is 1. The first-order chi connectivity index (χ1) is 15.7. The number of hydrogen-bond acceptors (Lipinski definition) is 5. The Bertz CT molecular complexity index is 1340. The number of nitrogens with zero attached hydrogens (tertiary/aromatic N) is 3. The molecule has 0 bridgehead atoms. The van der Waals surface area contributed by atoms with Crippen molar-refractivity contribution in [3.63, 3.8) is 0 Å². The van der Waals surface area contributed by atoms with Crippen molar-refractivity contribution in [1.29, 1.82) is 0 Å². The third-order valence-corrected chi connectivity index (χ3v) is 4.84. The highest BCUT2D eigenvalue weighted by atomic mass is 19.1. The van der Waals surface area contributed by atoms with E-state index in [2.05, 4.69) is 20.3 Å². The molecule has 0 spiro atoms. The van der Waals surface area contributed by atoms with Gasteiger partial charge in [-0.1, -0.05) is 18.2 Å². The van der Waals surface area contributed by atoms with Crippen molar-refractivity contribution in [2.75, 3.05) is 0 Å². The maximum atomic E-state index is 14.4. The largest absolute Gasteiger partial charge is 0.443 e. The van der Waals surface area contributed by atoms with Gasteiger partial charge in [-0.2, -0.15) is 0 Å². The summed E-state index contributed by atoms with van der Waals surface area (Å²) < 4.78 is 33.5. The van der Waals surface area contributed by atoms with E-state index in [1.165, 1.54) is 12.5 Å². The number of nitrogens with one attached hydrogen (secondary N) is 1. The minimum Gasteiger partial charge on any atom is -0.443 e. The molecule has 6 nitrogen and oxygen atoms in total. The molecule has 4 aromatic rings. The van der Waals surface area contributed by atoms with Crippen LogP contribution in [0.2, 0.25) is 0 Å². The summed E-state index contributed by atoms with van der Waals surface area (Å²) in [5, 5.41) is 3.44. The Hall–Kier alpha value is -3.94. The zero-order valence-corrected chi connectivity index (χ0v) is 18.4. The molecule has 168 valence electrons. The average molecular weight is 448 g/mol. The molecule has 0 saturated heterocycles. The number of alkyl carbamates (subject to hydrolysis) is 1. The minimum absolute atomic E-state index is 0.0209. The van der Waals surface area contributed by atoms with E-state index in [9.17, 15) is 13.6 Å². The van der Waals surface area contributed by atoms with Gasteiger partial charge in [-0.15, -0.1) is 0 Å². The summed E-state index contributed by atoms with van der Waals surface area (Å²) >= 11 is 0. The smallest absolute Gasteiger partial charge is 0.407 e. The van der Waals surface area contributed by atoms with Gasteiger partial charge >= 0.3 is 6.09 Å². The fourth-order valence-corrected chi connectivity index (χ4v) is 3.40. The van der Waals surface area contributed by atoms with Gasteiger partial charge in [0.1, 0.15) is 24.6 Å². The van der Waals surface area contributed by atoms with Crippen LogP contribution in [0.4, 0.5) is 13.6 Å². The van der Waals surface area contributed by atoms with Crippen LogP contribution in [0.1, 0.15) is 26.5 Å². The van der Waals surface area contributed by atoms with Crippen molar-refractivity contribution in [3.8, 4) is 22.4 Å². The second-order valence-electron chi connectivity index (χ2n) is 8.53. The lowest BCUT2D eigenvalue weighted by atomic mass is 9.97. The van der Waals surface area contributed by atoms with Crippen LogP contribution in [0.15, 0.2) is 61.1 Å². The number of ether oxygens (including phenoxy) is 1. The lowest BCUT2D eigenvalue weighted by molar-refractivity contribution is 0.130. The van der Waals surface area contributed by atoms with Gasteiger partial charge in [0.05, 0.1) is 16.9 Å². The van der Waals surface area contributed by atoms with E-state index in [1.54, 1.807) is 12.1 Å². The summed E-state index contributed by atoms with van der Waals surface area (Å²) in [6.45, 7) is 5.56. The van der Waals surface area contributed by atoms with Crippen LogP contribution in [-0.4, -0.2) is 26.6 Å². The molecule has 0 unspecified atom stereocenters. The number of halogens is 2. The van der Waals surface area contributed by atoms with Crippen molar-refractivity contribution in [2.24, 2.45) is 0 Å². The number of pyridine rings is 1. The second-order valence-corrected chi connectivity index (χ2v) is 8.53. The number of amides is 1. The SMILES string of the molecule is CC(C)(C)NC(=O)OCc1ncnc2cc(-c3cccnc3-c3cc(F)ccc3F)ccc12. The van der Waals surface area contributed by atoms with E-state index in [0.29, 0.717) is 27.9 Å². The Morgan fingerprint density at radius 2 is 1.82 bits per heavy atom. The van der Waals surface area contributed by atoms with E-state index in [-0.39, 0.29) is 12.2 Å². The fraction of sp³-hybridized carbons (Fsp3) is 0.200. The first-order valence-corrected chi connectivity index (χ1v) is 10.3. The summed E-state index contributed by atoms with van der Waals surface area (Å²) in [5.41, 5.74) is 2.51. The van der Waals surface area contributed by atoms with Gasteiger partial charge < -0.3 is 10.1 Å². The van der Waals surface area contributed by atoms with E-state index in [0.717, 1.165) is 23.8 Å². The number of carbonyl (C=O) groups is 1. The van der Waals surface area contributed by atoms with Crippen LogP contribution in [-0.2, 0) is 11.3 Å². The molecule has 1 N–H and O–H groups in total. The molecule has 0 aliphatic heterocycles. The summed E-state index contributed by atoms with van der Waals surface area (Å²) in [6, 6.07) is 12.2. The highest BCUT2D eigenvalue weighted by molar-refractivity contribution is 5.89. The Balaban J connectivity index is 1.68. The Labute approximate surface area is 189 Å². The number of fused-ring (bicyclic) bond motifs is 1. The topological polar surface area (TPSA) is 77.0 Å². The van der Waals surface area contributed by atoms with E-state index in [1.807, 2.05) is 39.0 Å². The standard InChI is InChI=1S/C25H22F2N4O2/c1-25(2,3)31-24(32)33-13-22-18-8-6-15(11-21(18)29-14-30-22)17-5-4-10-28-23(17)19-12-16(26)7-9-20(19)27/h4-12,14H,13H2,1-3H3,(H,31,32). The molecule has 0 saturated carbocycles. The quantitative estimate of drug-likeness (QED) is 0.436. The van der Waals surface area contributed by atoms with Gasteiger partial charge in [0.25, 0.3) is 0 Å². The normalized spacial score (nSPS) is 11.4. The Morgan fingerprint density at radius 3 is 2.61 bits per heavy atom. The van der Waals surface area contributed by atoms with Crippen LogP contribution < -0.4 is 5.32 Å². The first kappa shape index (κ1) is 22.3. The van der Waals surface area contributed by atoms with Crippen LogP contribution in [0.3, 0.4) is 0 Å². The molecule has 2 aromatic heterocycles. The lowest BCUT2D eigenvalue weighted by Gasteiger charge is -2.20. The van der Waals surface area contributed by atoms with Crippen molar-refractivity contribution in [1.82, 2.24) is 20.3 Å². The maximum Gasteiger partial charge on any atom is 0.407 e. The molecule has 4 rings (SSSR count). The minimum atomic E-state index is -0.563. The molecule has 8 heteroatoms. The van der Waals surface area contributed by atoms with E-state index in [4.69, 9.17) is 4.74 Å². The third kappa shape index (κ3) is 5.11. The number of rotatable bonds is 4. The molecule has 0 fully saturated rings. The summed E-state index contributed by atoms with van der Waals surface area (Å²) in [7, 11) is 0. The number of carbonyl (C=O) groups excluding carboxylic acids is 1. The summed E-state index contributed by atoms with van der Waals surface area (Å²) in [6.07, 6.45) is 2.39. The maximum absolute atomic E-state index is 14.4. The number of aromatic nitrogens is 3. The molecule has 0 aliphatic rings. The van der Waals surface area contributed by atoms with Gasteiger partial charge in [0.2, 0.25) is 0 Å². The molecule has 1 amide bonds. The fourth-order valence-electron chi connectivity index (χ4n) is 3.40. The van der Waals surface area contributed by atoms with Crippen LogP contribution in [0, 0.1) is 11.6 Å². The Kier molecular flexibility index (Phi) is 6.00. The molecule has 33 heavy (non-hydrogen) atoms. The van der Waals surface area contributed by atoms with Gasteiger partial charge in [0, 0.05) is 28.2 Å². The lowest BCUT2D eigenvalue weighted by Crippen LogP contribution is -2.40. The second kappa shape index (κ2) is 8.90. The highest BCUT2D eigenvalue weighted by Crippen LogP contribution is 2.33. The molecular formula is C25H22F2N4O2. The molecule has 2 aromatic carbocycles. The van der Waals surface area contributed by atoms with E-state index >= 15 is 0 Å². The van der Waals surface area contributed by atoms with Crippen molar-refractivity contribution < 1.29 is 18.3 Å². The van der Waals surface area contributed by atoms with Crippen molar-refractivity contribution in [3.05, 3.63) is 78.4 Å². The zero-order valence-electron chi connectivity index (χ0n) is 18.4. The van der Waals surface area contributed by atoms with Gasteiger partial charge in [-0.05, 0) is 56.7 Å². The molecule has 0 atom stereocenters. The zero-order chi connectivity index (χ0) is 23.6. The van der Waals surface area contributed by atoms with Gasteiger partial charge in [-0.3, -0.25) is 4.98 Å². The molecule has 2 heterocycles. The van der Waals surface area contributed by atoms with Crippen LogP contribution >= 0.6 is 0 Å². The monoisotopic (exact) mass is 448 g/mol. The molecular weight excluding hydrogens is 426 g/mol. The van der Waals surface area contributed by atoms with E-state index < -0.39 is 23.3 Å². The van der Waals surface area contributed by atoms with Crippen molar-refractivity contribution in [2.45, 2.75) is 32.9 Å². The highest BCUT2D eigenvalue weighted by Gasteiger charge is 2.17. The number of benzene rings is 2. The Morgan fingerprint density at radius 1 is 1.00 bits per heavy atom. The average Bonchev–Trinajstić information content (AvgIpc) is 2.78. The predicted octanol–water partition coefficient (Wildman–Crippen LogP) is 5.66.